The number of ketones is 1. The summed E-state index contributed by atoms with van der Waals surface area (Å²) in [6.45, 7) is 3.16. The van der Waals surface area contributed by atoms with Gasteiger partial charge in [-0.25, -0.2) is 0 Å². The number of carbonyl (C=O) groups is 2. The second kappa shape index (κ2) is 4.75. The van der Waals surface area contributed by atoms with Crippen molar-refractivity contribution in [3.05, 3.63) is 0 Å². The molecule has 0 aromatic heterocycles. The molecule has 1 rings (SSSR count). The van der Waals surface area contributed by atoms with Crippen LogP contribution in [0.25, 0.3) is 0 Å². The summed E-state index contributed by atoms with van der Waals surface area (Å²) in [6.07, 6.45) is 2.01. The second-order valence-corrected chi connectivity index (χ2v) is 4.50. The van der Waals surface area contributed by atoms with E-state index in [1.807, 2.05) is 13.8 Å². The maximum Gasteiger partial charge on any atom is 0.248 e. The molecule has 1 N–H and O–H groups in total. The van der Waals surface area contributed by atoms with Crippen LogP contribution in [-0.2, 0) is 9.59 Å². The fraction of sp³-hybridized carbons (Fsp3) is 0.818. The summed E-state index contributed by atoms with van der Waals surface area (Å²) in [5.41, 5.74) is 0. The fourth-order valence-corrected chi connectivity index (χ4v) is 1.76. The summed E-state index contributed by atoms with van der Waals surface area (Å²) >= 11 is 0. The van der Waals surface area contributed by atoms with E-state index in [4.69, 9.17) is 5.11 Å². The third-order valence-corrected chi connectivity index (χ3v) is 2.87. The Hall–Kier alpha value is -0.900. The molecule has 4 heteroatoms. The van der Waals surface area contributed by atoms with Gasteiger partial charge in [0, 0.05) is 13.0 Å². The largest absolute Gasteiger partial charge is 0.387 e. The summed E-state index contributed by atoms with van der Waals surface area (Å²) in [7, 11) is 1.60. The van der Waals surface area contributed by atoms with Gasteiger partial charge in [-0.3, -0.25) is 9.59 Å². The van der Waals surface area contributed by atoms with E-state index >= 15 is 0 Å². The number of hydrogen-bond donors (Lipinski definition) is 1. The summed E-state index contributed by atoms with van der Waals surface area (Å²) in [6, 6.07) is -0.329. The van der Waals surface area contributed by atoms with E-state index in [1.54, 1.807) is 7.05 Å². The average molecular weight is 213 g/mol. The van der Waals surface area contributed by atoms with Gasteiger partial charge in [0.2, 0.25) is 5.91 Å². The van der Waals surface area contributed by atoms with Crippen LogP contribution in [0.3, 0.4) is 0 Å². The minimum atomic E-state index is -0.523. The van der Waals surface area contributed by atoms with Gasteiger partial charge in [-0.05, 0) is 18.8 Å². The predicted molar refractivity (Wildman–Crippen MR) is 56.2 cm³/mol. The van der Waals surface area contributed by atoms with E-state index in [2.05, 4.69) is 0 Å². The number of hydrogen-bond acceptors (Lipinski definition) is 3. The molecule has 1 aliphatic carbocycles. The van der Waals surface area contributed by atoms with E-state index in [0.717, 1.165) is 12.8 Å². The van der Waals surface area contributed by atoms with Crippen molar-refractivity contribution in [3.63, 3.8) is 0 Å². The van der Waals surface area contributed by atoms with Crippen molar-refractivity contribution >= 4 is 11.7 Å². The molecule has 1 fully saturated rings. The van der Waals surface area contributed by atoms with Crippen molar-refractivity contribution < 1.29 is 14.7 Å². The van der Waals surface area contributed by atoms with Crippen LogP contribution in [0.15, 0.2) is 0 Å². The molecule has 1 amide bonds. The molecule has 0 radical (unpaired) electrons. The van der Waals surface area contributed by atoms with Crippen LogP contribution in [0.5, 0.6) is 0 Å². The molecule has 0 spiro atoms. The van der Waals surface area contributed by atoms with Crippen molar-refractivity contribution in [2.75, 3.05) is 13.7 Å². The average Bonchev–Trinajstić information content (AvgIpc) is 3.00. The second-order valence-electron chi connectivity index (χ2n) is 4.50. The quantitative estimate of drug-likeness (QED) is 0.721. The third-order valence-electron chi connectivity index (χ3n) is 2.87. The van der Waals surface area contributed by atoms with Crippen LogP contribution in [0.2, 0.25) is 0 Å². The van der Waals surface area contributed by atoms with Crippen LogP contribution in [0.1, 0.15) is 26.7 Å². The first-order valence-corrected chi connectivity index (χ1v) is 5.39. The van der Waals surface area contributed by atoms with Crippen LogP contribution in [0.4, 0.5) is 0 Å². The Morgan fingerprint density at radius 2 is 1.93 bits per heavy atom. The van der Waals surface area contributed by atoms with E-state index in [0.29, 0.717) is 5.92 Å². The van der Waals surface area contributed by atoms with Crippen LogP contribution in [0, 0.1) is 11.8 Å². The molecule has 0 heterocycles. The van der Waals surface area contributed by atoms with Crippen molar-refractivity contribution in [2.24, 2.45) is 11.8 Å². The van der Waals surface area contributed by atoms with Crippen LogP contribution >= 0.6 is 0 Å². The van der Waals surface area contributed by atoms with Gasteiger partial charge in [0.1, 0.15) is 6.61 Å². The lowest BCUT2D eigenvalue weighted by Gasteiger charge is -2.27. The highest BCUT2D eigenvalue weighted by atomic mass is 16.3. The highest BCUT2D eigenvalue weighted by Crippen LogP contribution is 2.36. The van der Waals surface area contributed by atoms with Gasteiger partial charge in [-0.2, -0.15) is 0 Å². The molecule has 0 aromatic rings. The van der Waals surface area contributed by atoms with E-state index < -0.39 is 6.61 Å². The van der Waals surface area contributed by atoms with Crippen molar-refractivity contribution in [2.45, 2.75) is 32.7 Å². The molecular formula is C11H19NO3. The Kier molecular flexibility index (Phi) is 3.85. The molecule has 1 atom stereocenters. The molecule has 1 aliphatic rings. The first-order valence-electron chi connectivity index (χ1n) is 5.39. The zero-order valence-electron chi connectivity index (χ0n) is 9.56. The molecular weight excluding hydrogens is 194 g/mol. The smallest absolute Gasteiger partial charge is 0.248 e. The Bertz CT molecular complexity index is 259. The fourth-order valence-electron chi connectivity index (χ4n) is 1.76. The van der Waals surface area contributed by atoms with Crippen molar-refractivity contribution in [3.8, 4) is 0 Å². The minimum absolute atomic E-state index is 0.0652. The standard InChI is InChI=1S/C11H19NO3/c1-7(2)11(15)10(8-4-5-8)12(3)9(14)6-13/h7-8,10,13H,4-6H2,1-3H3. The molecule has 0 aliphatic heterocycles. The van der Waals surface area contributed by atoms with Crippen molar-refractivity contribution in [1.29, 1.82) is 0 Å². The topological polar surface area (TPSA) is 57.6 Å². The van der Waals surface area contributed by atoms with Crippen molar-refractivity contribution in [1.82, 2.24) is 4.90 Å². The normalized spacial score (nSPS) is 17.7. The molecule has 0 bridgehead atoms. The molecule has 86 valence electrons. The van der Waals surface area contributed by atoms with Crippen LogP contribution < -0.4 is 0 Å². The summed E-state index contributed by atoms with van der Waals surface area (Å²) in [5, 5.41) is 8.77. The summed E-state index contributed by atoms with van der Waals surface area (Å²) < 4.78 is 0. The highest BCUT2D eigenvalue weighted by Gasteiger charge is 2.40. The number of aliphatic hydroxyl groups is 1. The first-order chi connectivity index (χ1) is 6.99. The van der Waals surface area contributed by atoms with Gasteiger partial charge in [-0.1, -0.05) is 13.8 Å². The maximum atomic E-state index is 11.9. The number of nitrogens with zero attached hydrogens (tertiary/aromatic N) is 1. The Balaban J connectivity index is 2.73. The molecule has 4 nitrogen and oxygen atoms in total. The predicted octanol–water partition coefficient (Wildman–Crippen LogP) is 0.441. The molecule has 0 saturated heterocycles. The lowest BCUT2D eigenvalue weighted by Crippen LogP contribution is -2.46. The van der Waals surface area contributed by atoms with Gasteiger partial charge >= 0.3 is 0 Å². The van der Waals surface area contributed by atoms with Gasteiger partial charge in [0.25, 0.3) is 0 Å². The maximum absolute atomic E-state index is 11.9. The van der Waals surface area contributed by atoms with Crippen LogP contribution in [-0.4, -0.2) is 41.4 Å². The lowest BCUT2D eigenvalue weighted by molar-refractivity contribution is -0.142. The Morgan fingerprint density at radius 3 is 2.27 bits per heavy atom. The zero-order valence-corrected chi connectivity index (χ0v) is 9.56. The third kappa shape index (κ3) is 2.78. The Labute approximate surface area is 90.3 Å². The summed E-state index contributed by atoms with van der Waals surface area (Å²) in [5.74, 6) is -0.0346. The monoisotopic (exact) mass is 213 g/mol. The molecule has 0 aromatic carbocycles. The number of likely N-dealkylation sites (N-methyl/N-ethyl adjacent to an activating group) is 1. The number of aliphatic hydroxyl groups excluding tert-OH is 1. The number of amides is 1. The lowest BCUT2D eigenvalue weighted by atomic mass is 9.97. The van der Waals surface area contributed by atoms with E-state index in [1.165, 1.54) is 4.90 Å². The molecule has 1 unspecified atom stereocenters. The SMILES string of the molecule is CC(C)C(=O)C(C1CC1)N(C)C(=O)CO. The van der Waals surface area contributed by atoms with E-state index in [9.17, 15) is 9.59 Å². The molecule has 15 heavy (non-hydrogen) atoms. The van der Waals surface area contributed by atoms with E-state index in [-0.39, 0.29) is 23.7 Å². The number of carbonyl (C=O) groups excluding carboxylic acids is 2. The van der Waals surface area contributed by atoms with Gasteiger partial charge in [0.15, 0.2) is 5.78 Å². The number of rotatable bonds is 5. The van der Waals surface area contributed by atoms with Gasteiger partial charge in [-0.15, -0.1) is 0 Å². The van der Waals surface area contributed by atoms with Gasteiger partial charge < -0.3 is 10.0 Å². The van der Waals surface area contributed by atoms with Gasteiger partial charge in [0.05, 0.1) is 6.04 Å². The summed E-state index contributed by atoms with van der Waals surface area (Å²) in [4.78, 5) is 24.6. The molecule has 1 saturated carbocycles. The minimum Gasteiger partial charge on any atom is -0.387 e. The Morgan fingerprint density at radius 1 is 1.40 bits per heavy atom. The first kappa shape index (κ1) is 12.2. The number of Topliss-reactive ketones (excluding diaryl/α,β-unsaturated/α-hetero) is 1. The highest BCUT2D eigenvalue weighted by molar-refractivity contribution is 5.90. The zero-order chi connectivity index (χ0) is 11.6.